The van der Waals surface area contributed by atoms with E-state index in [1.165, 1.54) is 7.11 Å². The largest absolute Gasteiger partial charge is 0.493 e. The maximum absolute atomic E-state index is 11.9. The Kier molecular flexibility index (Phi) is 7.56. The molecule has 0 spiro atoms. The average molecular weight is 502 g/mol. The lowest BCUT2D eigenvalue weighted by molar-refractivity contribution is 0.0488. The minimum atomic E-state index is -3.07. The normalized spacial score (nSPS) is 19.0. The summed E-state index contributed by atoms with van der Waals surface area (Å²) >= 11 is 3.26. The summed E-state index contributed by atoms with van der Waals surface area (Å²) in [5.74, 6) is 1.68. The molecule has 0 bridgehead atoms. The molecule has 2 aromatic rings. The Bertz CT molecular complexity index is 975. The van der Waals surface area contributed by atoms with E-state index in [9.17, 15) is 18.3 Å². The number of furan rings is 1. The third kappa shape index (κ3) is 6.07. The number of halogens is 1. The van der Waals surface area contributed by atoms with Gasteiger partial charge in [0.1, 0.15) is 24.8 Å². The lowest BCUT2D eigenvalue weighted by atomic mass is 10.2. The van der Waals surface area contributed by atoms with Gasteiger partial charge in [-0.05, 0) is 52.7 Å². The zero-order valence-electron chi connectivity index (χ0n) is 16.5. The fourth-order valence-electron chi connectivity index (χ4n) is 3.43. The molecule has 1 N–H and O–H groups in total. The molecule has 1 aliphatic rings. The van der Waals surface area contributed by atoms with E-state index < -0.39 is 15.9 Å². The van der Waals surface area contributed by atoms with Gasteiger partial charge in [0.15, 0.2) is 26.0 Å². The zero-order valence-corrected chi connectivity index (χ0v) is 18.9. The molecule has 1 aliphatic heterocycles. The van der Waals surface area contributed by atoms with Gasteiger partial charge in [0.25, 0.3) is 0 Å². The molecule has 8 nitrogen and oxygen atoms in total. The first-order chi connectivity index (χ1) is 14.3. The Balaban J connectivity index is 1.65. The Morgan fingerprint density at radius 1 is 1.33 bits per heavy atom. The fourth-order valence-corrected chi connectivity index (χ4v) is 5.53. The fraction of sp³-hybridized carbons (Fsp3) is 0.450. The number of hydrogen-bond donors (Lipinski definition) is 1. The average Bonchev–Trinajstić information content (AvgIpc) is 3.30. The lowest BCUT2D eigenvalue weighted by Gasteiger charge is -2.29. The van der Waals surface area contributed by atoms with Crippen molar-refractivity contribution in [1.82, 2.24) is 4.90 Å². The molecule has 3 rings (SSSR count). The van der Waals surface area contributed by atoms with Crippen LogP contribution in [0.2, 0.25) is 0 Å². The third-order valence-electron chi connectivity index (χ3n) is 4.91. The molecule has 10 heteroatoms. The molecule has 0 saturated carbocycles. The van der Waals surface area contributed by atoms with Crippen LogP contribution in [0.1, 0.15) is 22.5 Å². The summed E-state index contributed by atoms with van der Waals surface area (Å²) in [5.41, 5.74) is 0.456. The Morgan fingerprint density at radius 2 is 2.13 bits per heavy atom. The van der Waals surface area contributed by atoms with Crippen LogP contribution in [-0.2, 0) is 16.4 Å². The van der Waals surface area contributed by atoms with Crippen molar-refractivity contribution in [3.8, 4) is 11.5 Å². The number of nitrogens with zero attached hydrogens (tertiary/aromatic N) is 1. The van der Waals surface area contributed by atoms with E-state index in [0.29, 0.717) is 46.7 Å². The molecule has 0 radical (unpaired) electrons. The van der Waals surface area contributed by atoms with Gasteiger partial charge < -0.3 is 19.0 Å². The minimum Gasteiger partial charge on any atom is -0.493 e. The Morgan fingerprint density at radius 3 is 2.73 bits per heavy atom. The van der Waals surface area contributed by atoms with Gasteiger partial charge in [-0.3, -0.25) is 9.69 Å². The van der Waals surface area contributed by atoms with Gasteiger partial charge in [-0.15, -0.1) is 0 Å². The van der Waals surface area contributed by atoms with Crippen molar-refractivity contribution in [2.24, 2.45) is 0 Å². The Hall–Kier alpha value is -1.88. The second-order valence-electron chi connectivity index (χ2n) is 7.19. The highest BCUT2D eigenvalue weighted by atomic mass is 79.9. The lowest BCUT2D eigenvalue weighted by Crippen LogP contribution is -2.42. The highest BCUT2D eigenvalue weighted by Crippen LogP contribution is 2.28. The number of methoxy groups -OCH3 is 1. The molecule has 1 aromatic carbocycles. The van der Waals surface area contributed by atoms with Crippen molar-refractivity contribution in [2.45, 2.75) is 25.1 Å². The zero-order chi connectivity index (χ0) is 21.7. The van der Waals surface area contributed by atoms with Crippen molar-refractivity contribution in [2.75, 3.05) is 31.8 Å². The number of aldehydes is 1. The number of sulfone groups is 1. The number of carbonyl (C=O) groups excluding carboxylic acids is 1. The molecule has 1 fully saturated rings. The summed E-state index contributed by atoms with van der Waals surface area (Å²) < 4.78 is 40.9. The predicted octanol–water partition coefficient (Wildman–Crippen LogP) is 2.29. The van der Waals surface area contributed by atoms with Crippen LogP contribution >= 0.6 is 15.9 Å². The molecule has 30 heavy (non-hydrogen) atoms. The highest BCUT2D eigenvalue weighted by Gasteiger charge is 2.33. The summed E-state index contributed by atoms with van der Waals surface area (Å²) in [6.07, 6.45) is 0.350. The van der Waals surface area contributed by atoms with Crippen molar-refractivity contribution in [3.05, 3.63) is 46.3 Å². The van der Waals surface area contributed by atoms with Gasteiger partial charge in [0, 0.05) is 18.2 Å². The number of aliphatic hydroxyl groups excluding tert-OH is 1. The van der Waals surface area contributed by atoms with E-state index in [1.54, 1.807) is 24.3 Å². The number of aliphatic hydroxyl groups is 1. The summed E-state index contributed by atoms with van der Waals surface area (Å²) in [4.78, 5) is 12.8. The van der Waals surface area contributed by atoms with E-state index in [4.69, 9.17) is 13.9 Å². The van der Waals surface area contributed by atoms with E-state index in [2.05, 4.69) is 15.9 Å². The van der Waals surface area contributed by atoms with Crippen LogP contribution in [0.4, 0.5) is 0 Å². The van der Waals surface area contributed by atoms with Gasteiger partial charge in [0.2, 0.25) is 0 Å². The molecular formula is C20H24BrNO7S. The maximum Gasteiger partial charge on any atom is 0.169 e. The van der Waals surface area contributed by atoms with Crippen LogP contribution < -0.4 is 9.47 Å². The highest BCUT2D eigenvalue weighted by molar-refractivity contribution is 9.10. The molecule has 2 atom stereocenters. The topological polar surface area (TPSA) is 106 Å². The molecule has 0 aliphatic carbocycles. The SMILES string of the molecule is COc1cc(C=O)ccc1OCC(O)CN(Cc1ccc(Br)o1)C1CCS(=O)(=O)C1. The van der Waals surface area contributed by atoms with Crippen LogP contribution in [-0.4, -0.2) is 68.6 Å². The van der Waals surface area contributed by atoms with Crippen LogP contribution in [0, 0.1) is 0 Å². The molecule has 2 heterocycles. The van der Waals surface area contributed by atoms with Gasteiger partial charge in [0.05, 0.1) is 25.2 Å². The van der Waals surface area contributed by atoms with Crippen LogP contribution in [0.15, 0.2) is 39.4 Å². The molecule has 2 unspecified atom stereocenters. The smallest absolute Gasteiger partial charge is 0.169 e. The van der Waals surface area contributed by atoms with Gasteiger partial charge >= 0.3 is 0 Å². The van der Waals surface area contributed by atoms with Gasteiger partial charge in [-0.25, -0.2) is 8.42 Å². The monoisotopic (exact) mass is 501 g/mol. The summed E-state index contributed by atoms with van der Waals surface area (Å²) in [5, 5.41) is 10.6. The maximum atomic E-state index is 11.9. The van der Waals surface area contributed by atoms with Crippen molar-refractivity contribution < 1.29 is 32.2 Å². The molecule has 0 amide bonds. The van der Waals surface area contributed by atoms with Crippen LogP contribution in [0.25, 0.3) is 0 Å². The van der Waals surface area contributed by atoms with Crippen LogP contribution in [0.3, 0.4) is 0 Å². The number of hydrogen-bond acceptors (Lipinski definition) is 8. The van der Waals surface area contributed by atoms with E-state index >= 15 is 0 Å². The molecule has 164 valence electrons. The molecule has 1 saturated heterocycles. The second-order valence-corrected chi connectivity index (χ2v) is 10.2. The Labute approximate surface area is 183 Å². The van der Waals surface area contributed by atoms with Gasteiger partial charge in [-0.1, -0.05) is 0 Å². The standard InChI is InChI=1S/C20H24BrNO7S/c1-27-19-8-14(11-23)2-4-18(19)28-12-16(24)9-22(10-17-3-5-20(21)29-17)15-6-7-30(25,26)13-15/h2-5,8,11,15-16,24H,6-7,9-10,12-13H2,1H3. The quantitative estimate of drug-likeness (QED) is 0.494. The second kappa shape index (κ2) is 9.95. The number of rotatable bonds is 10. The first-order valence-electron chi connectivity index (χ1n) is 9.42. The third-order valence-corrected chi connectivity index (χ3v) is 7.09. The van der Waals surface area contributed by atoms with Crippen LogP contribution in [0.5, 0.6) is 11.5 Å². The molecular weight excluding hydrogens is 478 g/mol. The van der Waals surface area contributed by atoms with E-state index in [1.807, 2.05) is 11.0 Å². The predicted molar refractivity (Wildman–Crippen MR) is 114 cm³/mol. The van der Waals surface area contributed by atoms with Crippen molar-refractivity contribution in [1.29, 1.82) is 0 Å². The first kappa shape index (κ1) is 22.8. The first-order valence-corrected chi connectivity index (χ1v) is 12.0. The summed E-state index contributed by atoms with van der Waals surface area (Å²) in [6.45, 7) is 0.571. The van der Waals surface area contributed by atoms with Crippen molar-refractivity contribution >= 4 is 32.1 Å². The van der Waals surface area contributed by atoms with Gasteiger partial charge in [-0.2, -0.15) is 0 Å². The van der Waals surface area contributed by atoms with E-state index in [-0.39, 0.29) is 30.7 Å². The minimum absolute atomic E-state index is 0.0192. The number of benzene rings is 1. The number of carbonyl (C=O) groups is 1. The number of ether oxygens (including phenoxy) is 2. The van der Waals surface area contributed by atoms with E-state index in [0.717, 1.165) is 0 Å². The molecule has 1 aromatic heterocycles. The summed E-state index contributed by atoms with van der Waals surface area (Å²) in [7, 11) is -1.60. The van der Waals surface area contributed by atoms with Crippen molar-refractivity contribution in [3.63, 3.8) is 0 Å². The summed E-state index contributed by atoms with van der Waals surface area (Å²) in [6, 6.07) is 8.14.